The van der Waals surface area contributed by atoms with E-state index in [0.717, 1.165) is 13.1 Å². The zero-order valence-corrected chi connectivity index (χ0v) is 15.5. The van der Waals surface area contributed by atoms with Crippen LogP contribution in [-0.2, 0) is 13.0 Å². The Morgan fingerprint density at radius 1 is 0.667 bits per heavy atom. The second-order valence-electron chi connectivity index (χ2n) is 6.74. The van der Waals surface area contributed by atoms with E-state index in [1.807, 2.05) is 0 Å². The fraction of sp³-hybridized carbons (Fsp3) is 0.478. The summed E-state index contributed by atoms with van der Waals surface area (Å²) < 4.78 is 0. The van der Waals surface area contributed by atoms with Crippen LogP contribution < -0.4 is 4.90 Å². The van der Waals surface area contributed by atoms with Gasteiger partial charge in [0.25, 0.3) is 0 Å². The molecule has 2 aromatic carbocycles. The monoisotopic (exact) mass is 323 g/mol. The van der Waals surface area contributed by atoms with E-state index in [0.29, 0.717) is 0 Å². The third kappa shape index (κ3) is 6.39. The minimum Gasteiger partial charge on any atom is -0.367 e. The molecule has 1 heteroatoms. The van der Waals surface area contributed by atoms with Crippen LogP contribution in [0.4, 0.5) is 5.69 Å². The third-order valence-corrected chi connectivity index (χ3v) is 4.62. The highest BCUT2D eigenvalue weighted by atomic mass is 15.1. The smallest absolute Gasteiger partial charge is 0.0429 e. The molecule has 0 aromatic heterocycles. The van der Waals surface area contributed by atoms with Gasteiger partial charge in [0.05, 0.1) is 0 Å². The Bertz CT molecular complexity index is 544. The molecule has 0 aliphatic rings. The molecule has 0 spiro atoms. The molecule has 0 aliphatic carbocycles. The van der Waals surface area contributed by atoms with Crippen molar-refractivity contribution in [2.24, 2.45) is 0 Å². The summed E-state index contributed by atoms with van der Waals surface area (Å²) in [5.41, 5.74) is 4.21. The predicted molar refractivity (Wildman–Crippen MR) is 107 cm³/mol. The van der Waals surface area contributed by atoms with Gasteiger partial charge in [0.2, 0.25) is 0 Å². The van der Waals surface area contributed by atoms with Crippen molar-refractivity contribution in [2.45, 2.75) is 65.3 Å². The first-order valence-corrected chi connectivity index (χ1v) is 9.71. The first kappa shape index (κ1) is 18.6. The van der Waals surface area contributed by atoms with Crippen LogP contribution >= 0.6 is 0 Å². The van der Waals surface area contributed by atoms with E-state index < -0.39 is 0 Å². The van der Waals surface area contributed by atoms with E-state index in [1.54, 1.807) is 0 Å². The summed E-state index contributed by atoms with van der Waals surface area (Å²) in [5, 5.41) is 0. The summed E-state index contributed by atoms with van der Waals surface area (Å²) in [4.78, 5) is 2.54. The normalized spacial score (nSPS) is 10.8. The van der Waals surface area contributed by atoms with Crippen LogP contribution in [0, 0.1) is 0 Å². The van der Waals surface area contributed by atoms with Gasteiger partial charge < -0.3 is 4.90 Å². The molecule has 0 saturated carbocycles. The van der Waals surface area contributed by atoms with Crippen molar-refractivity contribution in [1.29, 1.82) is 0 Å². The van der Waals surface area contributed by atoms with Crippen LogP contribution in [0.5, 0.6) is 0 Å². The number of nitrogens with zero attached hydrogens (tertiary/aromatic N) is 1. The number of aryl methyl sites for hydroxylation is 1. The van der Waals surface area contributed by atoms with Crippen molar-refractivity contribution in [3.8, 4) is 0 Å². The number of hydrogen-bond donors (Lipinski definition) is 0. The number of benzene rings is 2. The highest BCUT2D eigenvalue weighted by Gasteiger charge is 2.07. The molecule has 0 heterocycles. The molecule has 1 nitrogen and oxygen atoms in total. The largest absolute Gasteiger partial charge is 0.367 e. The summed E-state index contributed by atoms with van der Waals surface area (Å²) in [6.45, 7) is 6.67. The van der Waals surface area contributed by atoms with Crippen molar-refractivity contribution in [3.63, 3.8) is 0 Å². The van der Waals surface area contributed by atoms with Gasteiger partial charge in [-0.05, 0) is 42.5 Å². The molecule has 0 saturated heterocycles. The van der Waals surface area contributed by atoms with Crippen LogP contribution in [-0.4, -0.2) is 6.54 Å². The van der Waals surface area contributed by atoms with Gasteiger partial charge >= 0.3 is 0 Å². The van der Waals surface area contributed by atoms with Gasteiger partial charge in [-0.2, -0.15) is 0 Å². The second kappa shape index (κ2) is 10.9. The molecular formula is C23H33N. The van der Waals surface area contributed by atoms with Gasteiger partial charge in [-0.3, -0.25) is 0 Å². The van der Waals surface area contributed by atoms with Crippen molar-refractivity contribution >= 4 is 5.69 Å². The summed E-state index contributed by atoms with van der Waals surface area (Å²) in [7, 11) is 0. The van der Waals surface area contributed by atoms with Crippen LogP contribution in [0.15, 0.2) is 54.6 Å². The molecule has 0 unspecified atom stereocenters. The van der Waals surface area contributed by atoms with Crippen LogP contribution in [0.2, 0.25) is 0 Å². The molecule has 130 valence electrons. The average Bonchev–Trinajstić information content (AvgIpc) is 2.64. The quantitative estimate of drug-likeness (QED) is 0.420. The SMILES string of the molecule is CCCCCCN(Cc1ccccc1)c1ccc(CCCC)cc1. The van der Waals surface area contributed by atoms with E-state index in [9.17, 15) is 0 Å². The molecule has 0 bridgehead atoms. The fourth-order valence-electron chi connectivity index (χ4n) is 3.09. The van der Waals surface area contributed by atoms with E-state index in [4.69, 9.17) is 0 Å². The number of hydrogen-bond acceptors (Lipinski definition) is 1. The highest BCUT2D eigenvalue weighted by Crippen LogP contribution is 2.20. The van der Waals surface area contributed by atoms with Crippen LogP contribution in [0.25, 0.3) is 0 Å². The van der Waals surface area contributed by atoms with E-state index in [1.165, 1.54) is 61.8 Å². The van der Waals surface area contributed by atoms with E-state index >= 15 is 0 Å². The lowest BCUT2D eigenvalue weighted by molar-refractivity contribution is 0.642. The Morgan fingerprint density at radius 2 is 1.38 bits per heavy atom. The van der Waals surface area contributed by atoms with Gasteiger partial charge in [-0.15, -0.1) is 0 Å². The van der Waals surface area contributed by atoms with Crippen molar-refractivity contribution in [3.05, 3.63) is 65.7 Å². The Balaban J connectivity index is 2.03. The fourth-order valence-corrected chi connectivity index (χ4v) is 3.09. The Labute approximate surface area is 148 Å². The molecular weight excluding hydrogens is 290 g/mol. The van der Waals surface area contributed by atoms with Crippen LogP contribution in [0.3, 0.4) is 0 Å². The first-order chi connectivity index (χ1) is 11.8. The van der Waals surface area contributed by atoms with Gasteiger partial charge in [0.1, 0.15) is 0 Å². The minimum atomic E-state index is 1.00. The average molecular weight is 324 g/mol. The molecule has 0 amide bonds. The highest BCUT2D eigenvalue weighted by molar-refractivity contribution is 5.48. The Kier molecular flexibility index (Phi) is 8.45. The molecule has 0 radical (unpaired) electrons. The number of unbranched alkanes of at least 4 members (excludes halogenated alkanes) is 4. The number of rotatable bonds is 11. The van der Waals surface area contributed by atoms with Crippen molar-refractivity contribution < 1.29 is 0 Å². The Morgan fingerprint density at radius 3 is 2.04 bits per heavy atom. The minimum absolute atomic E-state index is 1.00. The molecule has 0 N–H and O–H groups in total. The molecule has 0 fully saturated rings. The molecule has 0 aliphatic heterocycles. The zero-order valence-electron chi connectivity index (χ0n) is 15.5. The maximum Gasteiger partial charge on any atom is 0.0429 e. The van der Waals surface area contributed by atoms with Gasteiger partial charge in [0, 0.05) is 18.8 Å². The lowest BCUT2D eigenvalue weighted by Crippen LogP contribution is -2.23. The number of anilines is 1. The van der Waals surface area contributed by atoms with Gasteiger partial charge in [-0.1, -0.05) is 82.0 Å². The summed E-state index contributed by atoms with van der Waals surface area (Å²) in [5.74, 6) is 0. The van der Waals surface area contributed by atoms with Gasteiger partial charge in [-0.25, -0.2) is 0 Å². The van der Waals surface area contributed by atoms with Gasteiger partial charge in [0.15, 0.2) is 0 Å². The van der Waals surface area contributed by atoms with E-state index in [2.05, 4.69) is 73.3 Å². The van der Waals surface area contributed by atoms with E-state index in [-0.39, 0.29) is 0 Å². The lowest BCUT2D eigenvalue weighted by Gasteiger charge is -2.25. The Hall–Kier alpha value is -1.76. The first-order valence-electron chi connectivity index (χ1n) is 9.71. The zero-order chi connectivity index (χ0) is 17.0. The van der Waals surface area contributed by atoms with Crippen LogP contribution in [0.1, 0.15) is 63.5 Å². The molecule has 2 rings (SSSR count). The summed E-state index contributed by atoms with van der Waals surface area (Å²) >= 11 is 0. The maximum absolute atomic E-state index is 2.54. The second-order valence-corrected chi connectivity index (χ2v) is 6.74. The standard InChI is InChI=1S/C23H33N/c1-3-5-7-11-19-24(20-22-13-9-8-10-14-22)23-17-15-21(16-18-23)12-6-4-2/h8-10,13-18H,3-7,11-12,19-20H2,1-2H3. The molecule has 2 aromatic rings. The van der Waals surface area contributed by atoms with Crippen molar-refractivity contribution in [2.75, 3.05) is 11.4 Å². The summed E-state index contributed by atoms with van der Waals surface area (Å²) in [6.07, 6.45) is 8.99. The summed E-state index contributed by atoms with van der Waals surface area (Å²) in [6, 6.07) is 20.1. The maximum atomic E-state index is 2.54. The lowest BCUT2D eigenvalue weighted by atomic mass is 10.1. The third-order valence-electron chi connectivity index (χ3n) is 4.62. The van der Waals surface area contributed by atoms with Crippen molar-refractivity contribution in [1.82, 2.24) is 0 Å². The molecule has 0 atom stereocenters. The topological polar surface area (TPSA) is 3.24 Å². The molecule has 24 heavy (non-hydrogen) atoms. The predicted octanol–water partition coefficient (Wildman–Crippen LogP) is 6.62.